The van der Waals surface area contributed by atoms with Crippen molar-refractivity contribution in [2.24, 2.45) is 5.41 Å². The second kappa shape index (κ2) is 10.7. The fourth-order valence-electron chi connectivity index (χ4n) is 2.44. The number of hydrogen-bond acceptors (Lipinski definition) is 2. The first-order valence-corrected chi connectivity index (χ1v) is 8.29. The van der Waals surface area contributed by atoms with E-state index in [2.05, 4.69) is 39.5 Å². The maximum atomic E-state index is 9.94. The summed E-state index contributed by atoms with van der Waals surface area (Å²) in [5, 5.41) is 9.94. The minimum absolute atomic E-state index is 0.0733. The summed E-state index contributed by atoms with van der Waals surface area (Å²) in [4.78, 5) is 2.47. The van der Waals surface area contributed by atoms with Gasteiger partial charge in [0.25, 0.3) is 0 Å². The maximum absolute atomic E-state index is 9.94. The Kier molecular flexibility index (Phi) is 10.6. The highest BCUT2D eigenvalue weighted by atomic mass is 16.3. The quantitative estimate of drug-likeness (QED) is 0.561. The lowest BCUT2D eigenvalue weighted by Gasteiger charge is -2.19. The smallest absolute Gasteiger partial charge is 0.0540 e. The summed E-state index contributed by atoms with van der Waals surface area (Å²) in [5.74, 6) is 0. The molecule has 0 aromatic carbocycles. The van der Waals surface area contributed by atoms with Gasteiger partial charge < -0.3 is 10.0 Å². The van der Waals surface area contributed by atoms with E-state index in [0.29, 0.717) is 5.41 Å². The van der Waals surface area contributed by atoms with E-state index in [-0.39, 0.29) is 6.10 Å². The van der Waals surface area contributed by atoms with E-state index in [1.807, 2.05) is 0 Å². The zero-order chi connectivity index (χ0) is 14.7. The van der Waals surface area contributed by atoms with Gasteiger partial charge in [0.1, 0.15) is 0 Å². The lowest BCUT2D eigenvalue weighted by Crippen LogP contribution is -2.23. The SMILES string of the molecule is CCN(CC)CCCCC[C@H](O)CCCC(C)(C)C. The van der Waals surface area contributed by atoms with E-state index in [1.165, 1.54) is 32.2 Å². The monoisotopic (exact) mass is 271 g/mol. The minimum Gasteiger partial charge on any atom is -0.393 e. The normalized spacial score (nSPS) is 14.1. The second-order valence-electron chi connectivity index (χ2n) is 6.98. The van der Waals surface area contributed by atoms with Gasteiger partial charge in [-0.2, -0.15) is 0 Å². The van der Waals surface area contributed by atoms with Crippen LogP contribution < -0.4 is 0 Å². The van der Waals surface area contributed by atoms with Crippen LogP contribution in [0.4, 0.5) is 0 Å². The van der Waals surface area contributed by atoms with E-state index in [4.69, 9.17) is 0 Å². The predicted octanol–water partition coefficient (Wildman–Crippen LogP) is 4.47. The van der Waals surface area contributed by atoms with Crippen molar-refractivity contribution in [2.75, 3.05) is 19.6 Å². The van der Waals surface area contributed by atoms with Crippen molar-refractivity contribution in [1.82, 2.24) is 4.90 Å². The summed E-state index contributed by atoms with van der Waals surface area (Å²) in [6.07, 6.45) is 7.98. The van der Waals surface area contributed by atoms with Gasteiger partial charge in [-0.1, -0.05) is 53.9 Å². The molecule has 0 aromatic rings. The Balaban J connectivity index is 3.41. The lowest BCUT2D eigenvalue weighted by atomic mass is 9.89. The van der Waals surface area contributed by atoms with Gasteiger partial charge in [0.05, 0.1) is 6.10 Å². The Hall–Kier alpha value is -0.0800. The summed E-state index contributed by atoms with van der Waals surface area (Å²) < 4.78 is 0. The van der Waals surface area contributed by atoms with E-state index in [0.717, 1.165) is 32.4 Å². The standard InChI is InChI=1S/C17H37NO/c1-6-18(7-2)15-10-8-9-12-16(19)13-11-14-17(3,4)5/h16,19H,6-15H2,1-5H3/t16-/m0/s1. The fourth-order valence-corrected chi connectivity index (χ4v) is 2.44. The molecule has 0 saturated heterocycles. The first kappa shape index (κ1) is 18.9. The van der Waals surface area contributed by atoms with Crippen LogP contribution in [0.15, 0.2) is 0 Å². The van der Waals surface area contributed by atoms with Crippen LogP contribution in [0.1, 0.15) is 79.6 Å². The van der Waals surface area contributed by atoms with Gasteiger partial charge in [-0.25, -0.2) is 0 Å². The van der Waals surface area contributed by atoms with Crippen LogP contribution >= 0.6 is 0 Å². The van der Waals surface area contributed by atoms with Gasteiger partial charge >= 0.3 is 0 Å². The Bertz CT molecular complexity index is 194. The zero-order valence-corrected chi connectivity index (χ0v) is 14.0. The summed E-state index contributed by atoms with van der Waals surface area (Å²) in [7, 11) is 0. The highest BCUT2D eigenvalue weighted by Crippen LogP contribution is 2.22. The van der Waals surface area contributed by atoms with Gasteiger partial charge in [0.15, 0.2) is 0 Å². The molecule has 2 heteroatoms. The molecule has 0 heterocycles. The average Bonchev–Trinajstić information content (AvgIpc) is 2.32. The molecule has 0 radical (unpaired) electrons. The number of unbranched alkanes of at least 4 members (excludes halogenated alkanes) is 2. The molecule has 1 N–H and O–H groups in total. The van der Waals surface area contributed by atoms with E-state index in [1.54, 1.807) is 0 Å². The number of aliphatic hydroxyl groups excluding tert-OH is 1. The summed E-state index contributed by atoms with van der Waals surface area (Å²) in [6.45, 7) is 14.8. The van der Waals surface area contributed by atoms with Crippen molar-refractivity contribution in [3.05, 3.63) is 0 Å². The number of rotatable bonds is 11. The fraction of sp³-hybridized carbons (Fsp3) is 1.00. The molecule has 0 aromatic heterocycles. The third kappa shape index (κ3) is 12.7. The van der Waals surface area contributed by atoms with Crippen LogP contribution in [0.25, 0.3) is 0 Å². The molecule has 0 aliphatic heterocycles. The summed E-state index contributed by atoms with van der Waals surface area (Å²) in [5.41, 5.74) is 0.406. The average molecular weight is 271 g/mol. The number of nitrogens with zero attached hydrogens (tertiary/aromatic N) is 1. The summed E-state index contributed by atoms with van der Waals surface area (Å²) >= 11 is 0. The Labute approximate surface area is 121 Å². The molecule has 0 unspecified atom stereocenters. The Morgan fingerprint density at radius 3 is 2.00 bits per heavy atom. The topological polar surface area (TPSA) is 23.5 Å². The van der Waals surface area contributed by atoms with Crippen LogP contribution in [0.3, 0.4) is 0 Å². The van der Waals surface area contributed by atoms with Crippen LogP contribution in [0, 0.1) is 5.41 Å². The molecule has 0 saturated carbocycles. The molecule has 0 rings (SSSR count). The molecule has 19 heavy (non-hydrogen) atoms. The molecule has 0 aliphatic rings. The van der Waals surface area contributed by atoms with Gasteiger partial charge in [-0.05, 0) is 50.7 Å². The van der Waals surface area contributed by atoms with Crippen molar-refractivity contribution in [3.8, 4) is 0 Å². The molecule has 0 bridgehead atoms. The minimum atomic E-state index is -0.0733. The second-order valence-corrected chi connectivity index (χ2v) is 6.98. The first-order valence-electron chi connectivity index (χ1n) is 8.29. The van der Waals surface area contributed by atoms with Gasteiger partial charge in [-0.3, -0.25) is 0 Å². The largest absolute Gasteiger partial charge is 0.393 e. The van der Waals surface area contributed by atoms with Crippen LogP contribution in [-0.4, -0.2) is 35.7 Å². The number of aliphatic hydroxyl groups is 1. The van der Waals surface area contributed by atoms with Crippen molar-refractivity contribution in [3.63, 3.8) is 0 Å². The first-order chi connectivity index (χ1) is 8.89. The van der Waals surface area contributed by atoms with Crippen molar-refractivity contribution in [1.29, 1.82) is 0 Å². The molecule has 1 atom stereocenters. The Morgan fingerprint density at radius 1 is 0.895 bits per heavy atom. The van der Waals surface area contributed by atoms with Crippen molar-refractivity contribution >= 4 is 0 Å². The third-order valence-corrected chi connectivity index (χ3v) is 3.87. The van der Waals surface area contributed by atoms with Crippen LogP contribution in [0.2, 0.25) is 0 Å². The van der Waals surface area contributed by atoms with Gasteiger partial charge in [0, 0.05) is 0 Å². The van der Waals surface area contributed by atoms with Gasteiger partial charge in [0.2, 0.25) is 0 Å². The summed E-state index contributed by atoms with van der Waals surface area (Å²) in [6, 6.07) is 0. The van der Waals surface area contributed by atoms with Crippen LogP contribution in [-0.2, 0) is 0 Å². The molecule has 0 fully saturated rings. The van der Waals surface area contributed by atoms with E-state index in [9.17, 15) is 5.11 Å². The molecule has 0 aliphatic carbocycles. The molecular weight excluding hydrogens is 234 g/mol. The predicted molar refractivity (Wildman–Crippen MR) is 85.6 cm³/mol. The highest BCUT2D eigenvalue weighted by molar-refractivity contribution is 4.64. The van der Waals surface area contributed by atoms with E-state index >= 15 is 0 Å². The lowest BCUT2D eigenvalue weighted by molar-refractivity contribution is 0.142. The maximum Gasteiger partial charge on any atom is 0.0540 e. The highest BCUT2D eigenvalue weighted by Gasteiger charge is 2.11. The van der Waals surface area contributed by atoms with Gasteiger partial charge in [-0.15, -0.1) is 0 Å². The zero-order valence-electron chi connectivity index (χ0n) is 14.0. The number of hydrogen-bond donors (Lipinski definition) is 1. The third-order valence-electron chi connectivity index (χ3n) is 3.87. The van der Waals surface area contributed by atoms with Crippen molar-refractivity contribution < 1.29 is 5.11 Å². The molecule has 0 amide bonds. The molecule has 0 spiro atoms. The molecular formula is C17H37NO. The Morgan fingerprint density at radius 2 is 1.47 bits per heavy atom. The molecule has 116 valence electrons. The van der Waals surface area contributed by atoms with Crippen LogP contribution in [0.5, 0.6) is 0 Å². The van der Waals surface area contributed by atoms with E-state index < -0.39 is 0 Å². The van der Waals surface area contributed by atoms with Crippen molar-refractivity contribution in [2.45, 2.75) is 85.7 Å². The molecule has 2 nitrogen and oxygen atoms in total.